The summed E-state index contributed by atoms with van der Waals surface area (Å²) in [6.07, 6.45) is 0. The first-order chi connectivity index (χ1) is 2.91. The summed E-state index contributed by atoms with van der Waals surface area (Å²) < 4.78 is 0. The monoisotopic (exact) mass is 86.0 g/mol. The van der Waals surface area contributed by atoms with Crippen LogP contribution in [0.1, 0.15) is 0 Å². The fraction of sp³-hybridized carbons (Fsp3) is 0.500. The molecule has 0 spiro atoms. The minimum atomic E-state index is -0.190. The van der Waals surface area contributed by atoms with Crippen LogP contribution in [0.15, 0.2) is 5.11 Å². The molecule has 6 heavy (non-hydrogen) atoms. The van der Waals surface area contributed by atoms with Gasteiger partial charge < -0.3 is 5.11 Å². The van der Waals surface area contributed by atoms with Crippen molar-refractivity contribution in [2.45, 2.75) is 0 Å². The third-order valence-corrected chi connectivity index (χ3v) is 0.215. The van der Waals surface area contributed by atoms with Crippen LogP contribution < -0.4 is 0 Å². The van der Waals surface area contributed by atoms with Crippen LogP contribution in [-0.2, 0) is 0 Å². The van der Waals surface area contributed by atoms with E-state index < -0.39 is 0 Å². The van der Waals surface area contributed by atoms with Crippen molar-refractivity contribution in [2.75, 3.05) is 6.61 Å². The zero-order chi connectivity index (χ0) is 4.83. The van der Waals surface area contributed by atoms with Crippen molar-refractivity contribution in [3.05, 3.63) is 17.0 Å². The van der Waals surface area contributed by atoms with E-state index in [1.165, 1.54) is 0 Å². The molecular weight excluding hydrogens is 82.0 g/mol. The topological polar surface area (TPSA) is 69.0 Å². The molecule has 4 heteroatoms. The molecule has 1 N–H and O–H groups in total. The van der Waals surface area contributed by atoms with Gasteiger partial charge in [0.25, 0.3) is 0 Å². The molecule has 0 saturated carbocycles. The second-order valence-electron chi connectivity index (χ2n) is 0.570. The summed E-state index contributed by atoms with van der Waals surface area (Å²) in [7, 11) is 0. The van der Waals surface area contributed by atoms with Gasteiger partial charge in [0.05, 0.1) is 13.2 Å². The predicted molar refractivity (Wildman–Crippen MR) is 20.5 cm³/mol. The number of hydrogen-bond donors (Lipinski definition) is 1. The predicted octanol–water partition coefficient (Wildman–Crippen LogP) is 0.451. The van der Waals surface area contributed by atoms with Crippen LogP contribution in [0.3, 0.4) is 0 Å². The number of aliphatic hydroxyl groups excluding tert-OH is 1. The van der Waals surface area contributed by atoms with Crippen molar-refractivity contribution < 1.29 is 5.11 Å². The van der Waals surface area contributed by atoms with Gasteiger partial charge in [-0.15, -0.1) is 0 Å². The number of nitrogens with zero attached hydrogens (tertiary/aromatic N) is 3. The SMILES string of the molecule is [N-]=[N+]=N[CH]CO. The van der Waals surface area contributed by atoms with Gasteiger partial charge >= 0.3 is 0 Å². The van der Waals surface area contributed by atoms with Crippen molar-refractivity contribution in [3.63, 3.8) is 0 Å². The van der Waals surface area contributed by atoms with Crippen molar-refractivity contribution in [1.29, 1.82) is 0 Å². The Morgan fingerprint density at radius 3 is 2.83 bits per heavy atom. The van der Waals surface area contributed by atoms with Crippen molar-refractivity contribution in [1.82, 2.24) is 0 Å². The Labute approximate surface area is 35.0 Å². The van der Waals surface area contributed by atoms with Crippen LogP contribution in [0, 0.1) is 6.54 Å². The molecule has 0 fully saturated rings. The highest BCUT2D eigenvalue weighted by Crippen LogP contribution is 1.72. The first-order valence-electron chi connectivity index (χ1n) is 1.38. The van der Waals surface area contributed by atoms with E-state index in [0.29, 0.717) is 0 Å². The third-order valence-electron chi connectivity index (χ3n) is 0.215. The second kappa shape index (κ2) is 4.27. The number of rotatable bonds is 2. The van der Waals surface area contributed by atoms with Gasteiger partial charge in [-0.1, -0.05) is 5.11 Å². The third kappa shape index (κ3) is 3.27. The lowest BCUT2D eigenvalue weighted by Gasteiger charge is -1.71. The molecule has 4 nitrogen and oxygen atoms in total. The average molecular weight is 86.1 g/mol. The van der Waals surface area contributed by atoms with Crippen LogP contribution >= 0.6 is 0 Å². The number of aliphatic hydroxyl groups is 1. The Hall–Kier alpha value is -0.730. The molecule has 0 unspecified atom stereocenters. The summed E-state index contributed by atoms with van der Waals surface area (Å²) in [5.41, 5.74) is 7.51. The summed E-state index contributed by atoms with van der Waals surface area (Å²) in [6.45, 7) is 0.879. The molecule has 0 aromatic heterocycles. The molecule has 1 radical (unpaired) electrons. The molecule has 0 saturated heterocycles. The van der Waals surface area contributed by atoms with E-state index in [9.17, 15) is 0 Å². The lowest BCUT2D eigenvalue weighted by atomic mass is 10.8. The van der Waals surface area contributed by atoms with E-state index in [1.807, 2.05) is 0 Å². The minimum Gasteiger partial charge on any atom is -0.396 e. The largest absolute Gasteiger partial charge is 0.396 e. The molecule has 0 bridgehead atoms. The second-order valence-corrected chi connectivity index (χ2v) is 0.570. The lowest BCUT2D eigenvalue weighted by Crippen LogP contribution is -1.73. The Bertz CT molecular complexity index is 65.2. The Kier molecular flexibility index (Phi) is 3.75. The van der Waals surface area contributed by atoms with Crippen LogP contribution in [-0.4, -0.2) is 11.7 Å². The normalized spacial score (nSPS) is 6.83. The highest BCUT2D eigenvalue weighted by atomic mass is 16.3. The van der Waals surface area contributed by atoms with Crippen molar-refractivity contribution in [2.24, 2.45) is 5.11 Å². The average Bonchev–Trinajstić information content (AvgIpc) is 1.61. The van der Waals surface area contributed by atoms with E-state index in [2.05, 4.69) is 10.0 Å². The number of azide groups is 1. The first kappa shape index (κ1) is 5.27. The fourth-order valence-corrected chi connectivity index (χ4v) is 0.0730. The van der Waals surface area contributed by atoms with Gasteiger partial charge in [-0.3, -0.25) is 0 Å². The minimum absolute atomic E-state index is 0.190. The Morgan fingerprint density at radius 1 is 2.00 bits per heavy atom. The van der Waals surface area contributed by atoms with Crippen molar-refractivity contribution >= 4 is 0 Å². The molecular formula is C2H4N3O. The summed E-state index contributed by atoms with van der Waals surface area (Å²) in [5, 5.41) is 10.8. The summed E-state index contributed by atoms with van der Waals surface area (Å²) in [4.78, 5) is 2.33. The smallest absolute Gasteiger partial charge is 0.0711 e. The van der Waals surface area contributed by atoms with E-state index in [1.54, 1.807) is 0 Å². The van der Waals surface area contributed by atoms with Gasteiger partial charge in [0.1, 0.15) is 0 Å². The molecule has 0 aliphatic heterocycles. The van der Waals surface area contributed by atoms with Crippen LogP contribution in [0.2, 0.25) is 0 Å². The maximum absolute atomic E-state index is 7.88. The molecule has 0 aliphatic carbocycles. The molecule has 0 atom stereocenters. The Morgan fingerprint density at radius 2 is 2.67 bits per heavy atom. The van der Waals surface area contributed by atoms with Gasteiger partial charge in [-0.05, 0) is 5.53 Å². The van der Waals surface area contributed by atoms with E-state index >= 15 is 0 Å². The molecule has 0 aliphatic rings. The molecule has 33 valence electrons. The number of hydrogen-bond acceptors (Lipinski definition) is 2. The maximum atomic E-state index is 7.88. The van der Waals surface area contributed by atoms with Gasteiger partial charge in [0.2, 0.25) is 0 Å². The van der Waals surface area contributed by atoms with Crippen molar-refractivity contribution in [3.8, 4) is 0 Å². The van der Waals surface area contributed by atoms with Crippen LogP contribution in [0.5, 0.6) is 0 Å². The zero-order valence-electron chi connectivity index (χ0n) is 3.07. The first-order valence-corrected chi connectivity index (χ1v) is 1.38. The van der Waals surface area contributed by atoms with Gasteiger partial charge in [0.15, 0.2) is 0 Å². The molecule has 0 heterocycles. The molecule has 0 rings (SSSR count). The zero-order valence-corrected chi connectivity index (χ0v) is 3.07. The van der Waals surface area contributed by atoms with E-state index in [0.717, 1.165) is 6.54 Å². The van der Waals surface area contributed by atoms with Crippen LogP contribution in [0.4, 0.5) is 0 Å². The standard InChI is InChI=1S/C2H4N3O/c3-5-4-1-2-6/h1,6H,2H2. The molecule has 0 aromatic carbocycles. The highest BCUT2D eigenvalue weighted by Gasteiger charge is 1.67. The maximum Gasteiger partial charge on any atom is 0.0711 e. The van der Waals surface area contributed by atoms with Crippen LogP contribution in [0.25, 0.3) is 10.4 Å². The van der Waals surface area contributed by atoms with E-state index in [-0.39, 0.29) is 6.61 Å². The Balaban J connectivity index is 2.86. The van der Waals surface area contributed by atoms with E-state index in [4.69, 9.17) is 10.6 Å². The van der Waals surface area contributed by atoms with Gasteiger partial charge in [0, 0.05) is 4.91 Å². The van der Waals surface area contributed by atoms with Gasteiger partial charge in [-0.25, -0.2) is 0 Å². The summed E-state index contributed by atoms with van der Waals surface area (Å²) >= 11 is 0. The molecule has 0 aromatic rings. The summed E-state index contributed by atoms with van der Waals surface area (Å²) in [6, 6.07) is 0. The summed E-state index contributed by atoms with van der Waals surface area (Å²) in [5.74, 6) is 0. The lowest BCUT2D eigenvalue weighted by molar-refractivity contribution is 0.326. The highest BCUT2D eigenvalue weighted by molar-refractivity contribution is 4.56. The fourth-order valence-electron chi connectivity index (χ4n) is 0.0730. The molecule has 0 amide bonds. The quantitative estimate of drug-likeness (QED) is 0.296. The van der Waals surface area contributed by atoms with Gasteiger partial charge in [-0.2, -0.15) is 0 Å².